The third kappa shape index (κ3) is 1.74. The fraction of sp³-hybridized carbons (Fsp3) is 0.300. The summed E-state index contributed by atoms with van der Waals surface area (Å²) < 4.78 is 24.0. The normalized spacial score (nSPS) is 19.5. The zero-order valence-electron chi connectivity index (χ0n) is 8.30. The molecule has 0 radical (unpaired) electrons. The van der Waals surface area contributed by atoms with Gasteiger partial charge in [0.1, 0.15) is 0 Å². The van der Waals surface area contributed by atoms with Crippen molar-refractivity contribution in [3.63, 3.8) is 0 Å². The Hall–Kier alpha value is -1.36. The second kappa shape index (κ2) is 3.34. The highest BCUT2D eigenvalue weighted by molar-refractivity contribution is 7.94. The van der Waals surface area contributed by atoms with Gasteiger partial charge in [-0.05, 0) is 19.1 Å². The maximum absolute atomic E-state index is 11.6. The van der Waals surface area contributed by atoms with E-state index in [9.17, 15) is 13.2 Å². The van der Waals surface area contributed by atoms with E-state index in [2.05, 4.69) is 0 Å². The molecule has 0 spiro atoms. The van der Waals surface area contributed by atoms with Crippen molar-refractivity contribution in [1.29, 1.82) is 0 Å². The lowest BCUT2D eigenvalue weighted by Crippen LogP contribution is -2.29. The molecular weight excluding hydrogens is 214 g/mol. The van der Waals surface area contributed by atoms with E-state index < -0.39 is 10.0 Å². The molecule has 4 nitrogen and oxygen atoms in total. The Labute approximate surface area is 88.6 Å². The van der Waals surface area contributed by atoms with E-state index in [1.165, 1.54) is 0 Å². The number of aryl methyl sites for hydroxylation is 1. The van der Waals surface area contributed by atoms with Crippen molar-refractivity contribution in [2.24, 2.45) is 0 Å². The summed E-state index contributed by atoms with van der Waals surface area (Å²) in [5, 5.41) is 0. The number of nitrogens with zero attached hydrogens (tertiary/aromatic N) is 1. The number of benzene rings is 1. The second-order valence-corrected chi connectivity index (χ2v) is 5.50. The van der Waals surface area contributed by atoms with Crippen LogP contribution in [0.15, 0.2) is 24.3 Å². The summed E-state index contributed by atoms with van der Waals surface area (Å²) in [6, 6.07) is 6.87. The molecule has 0 bridgehead atoms. The van der Waals surface area contributed by atoms with Gasteiger partial charge in [0.05, 0.1) is 11.4 Å². The topological polar surface area (TPSA) is 54.5 Å². The van der Waals surface area contributed by atoms with Crippen molar-refractivity contribution in [3.05, 3.63) is 29.8 Å². The Balaban J connectivity index is 2.46. The van der Waals surface area contributed by atoms with E-state index in [1.54, 1.807) is 24.3 Å². The Kier molecular flexibility index (Phi) is 2.26. The zero-order chi connectivity index (χ0) is 11.1. The van der Waals surface area contributed by atoms with Crippen molar-refractivity contribution in [1.82, 2.24) is 0 Å². The molecule has 0 N–H and O–H groups in total. The highest BCUT2D eigenvalue weighted by atomic mass is 32.2. The summed E-state index contributed by atoms with van der Waals surface area (Å²) in [6.07, 6.45) is 0.0796. The minimum atomic E-state index is -3.42. The number of carbonyl (C=O) groups excluding carboxylic acids is 1. The first kappa shape index (κ1) is 10.2. The van der Waals surface area contributed by atoms with E-state index in [-0.39, 0.29) is 18.1 Å². The predicted molar refractivity (Wildman–Crippen MR) is 57.1 cm³/mol. The Bertz CT molecular complexity index is 490. The molecule has 1 aliphatic heterocycles. The first-order valence-corrected chi connectivity index (χ1v) is 6.24. The first-order valence-electron chi connectivity index (χ1n) is 4.63. The molecule has 0 saturated carbocycles. The lowest BCUT2D eigenvalue weighted by atomic mass is 10.2. The smallest absolute Gasteiger partial charge is 0.242 e. The monoisotopic (exact) mass is 225 g/mol. The van der Waals surface area contributed by atoms with Gasteiger partial charge in [-0.1, -0.05) is 17.7 Å². The molecule has 0 aliphatic carbocycles. The maximum Gasteiger partial charge on any atom is 0.242 e. The average molecular weight is 225 g/mol. The second-order valence-electron chi connectivity index (χ2n) is 3.56. The lowest BCUT2D eigenvalue weighted by Gasteiger charge is -2.14. The molecule has 1 amide bonds. The van der Waals surface area contributed by atoms with Gasteiger partial charge in [0.25, 0.3) is 0 Å². The van der Waals surface area contributed by atoms with Crippen LogP contribution in [0.4, 0.5) is 5.69 Å². The van der Waals surface area contributed by atoms with Gasteiger partial charge in [-0.3, -0.25) is 4.79 Å². The third-order valence-corrected chi connectivity index (χ3v) is 4.04. The van der Waals surface area contributed by atoms with Gasteiger partial charge in [-0.25, -0.2) is 12.7 Å². The van der Waals surface area contributed by atoms with Crippen LogP contribution in [0.3, 0.4) is 0 Å². The SMILES string of the molecule is Cc1ccc(N2C(=O)CCS2(=O)=O)cc1. The van der Waals surface area contributed by atoms with Crippen LogP contribution in [0.1, 0.15) is 12.0 Å². The molecule has 1 heterocycles. The highest BCUT2D eigenvalue weighted by Crippen LogP contribution is 2.24. The number of anilines is 1. The van der Waals surface area contributed by atoms with Crippen LogP contribution in [0, 0.1) is 6.92 Å². The van der Waals surface area contributed by atoms with Crippen LogP contribution >= 0.6 is 0 Å². The Morgan fingerprint density at radius 1 is 1.20 bits per heavy atom. The van der Waals surface area contributed by atoms with Crippen LogP contribution in [0.2, 0.25) is 0 Å². The van der Waals surface area contributed by atoms with Gasteiger partial charge in [0, 0.05) is 6.42 Å². The molecule has 5 heteroatoms. The van der Waals surface area contributed by atoms with Gasteiger partial charge in [-0.15, -0.1) is 0 Å². The number of rotatable bonds is 1. The van der Waals surface area contributed by atoms with Gasteiger partial charge < -0.3 is 0 Å². The van der Waals surface area contributed by atoms with Crippen LogP contribution in [0.25, 0.3) is 0 Å². The molecule has 0 aromatic heterocycles. The van der Waals surface area contributed by atoms with Gasteiger partial charge in [-0.2, -0.15) is 0 Å². The number of amides is 1. The standard InChI is InChI=1S/C10H11NO3S/c1-8-2-4-9(5-3-8)11-10(12)6-7-15(11,13)14/h2-5H,6-7H2,1H3. The number of carbonyl (C=O) groups is 1. The summed E-state index contributed by atoms with van der Waals surface area (Å²) in [7, 11) is -3.42. The van der Waals surface area contributed by atoms with E-state index in [0.717, 1.165) is 9.87 Å². The fourth-order valence-corrected chi connectivity index (χ4v) is 3.01. The summed E-state index contributed by atoms with van der Waals surface area (Å²) in [4.78, 5) is 11.4. The molecule has 1 saturated heterocycles. The summed E-state index contributed by atoms with van der Waals surface area (Å²) in [6.45, 7) is 1.91. The summed E-state index contributed by atoms with van der Waals surface area (Å²) >= 11 is 0. The fourth-order valence-electron chi connectivity index (χ4n) is 1.55. The van der Waals surface area contributed by atoms with Gasteiger partial charge >= 0.3 is 0 Å². The highest BCUT2D eigenvalue weighted by Gasteiger charge is 2.35. The molecule has 0 atom stereocenters. The molecule has 0 unspecified atom stereocenters. The van der Waals surface area contributed by atoms with E-state index in [1.807, 2.05) is 6.92 Å². The predicted octanol–water partition coefficient (Wildman–Crippen LogP) is 1.06. The van der Waals surface area contributed by atoms with Crippen LogP contribution in [0.5, 0.6) is 0 Å². The van der Waals surface area contributed by atoms with Crippen molar-refractivity contribution >= 4 is 21.6 Å². The summed E-state index contributed by atoms with van der Waals surface area (Å²) in [5.74, 6) is -0.432. The molecule has 1 aliphatic rings. The van der Waals surface area contributed by atoms with Crippen LogP contribution < -0.4 is 4.31 Å². The lowest BCUT2D eigenvalue weighted by molar-refractivity contribution is -0.116. The Morgan fingerprint density at radius 3 is 2.27 bits per heavy atom. The number of hydrogen-bond donors (Lipinski definition) is 0. The number of sulfonamides is 1. The number of hydrogen-bond acceptors (Lipinski definition) is 3. The van der Waals surface area contributed by atoms with Crippen molar-refractivity contribution < 1.29 is 13.2 Å². The molecule has 80 valence electrons. The van der Waals surface area contributed by atoms with E-state index >= 15 is 0 Å². The van der Waals surface area contributed by atoms with Crippen molar-refractivity contribution in [2.75, 3.05) is 10.1 Å². The van der Waals surface area contributed by atoms with E-state index in [0.29, 0.717) is 5.69 Å². The zero-order valence-corrected chi connectivity index (χ0v) is 9.12. The van der Waals surface area contributed by atoms with E-state index in [4.69, 9.17) is 0 Å². The largest absolute Gasteiger partial charge is 0.273 e. The van der Waals surface area contributed by atoms with Crippen LogP contribution in [-0.2, 0) is 14.8 Å². The molecule has 15 heavy (non-hydrogen) atoms. The third-order valence-electron chi connectivity index (χ3n) is 2.35. The van der Waals surface area contributed by atoms with Gasteiger partial charge in [0.15, 0.2) is 0 Å². The molecule has 1 aromatic rings. The average Bonchev–Trinajstić information content (AvgIpc) is 2.43. The van der Waals surface area contributed by atoms with Crippen LogP contribution in [-0.4, -0.2) is 20.1 Å². The minimum Gasteiger partial charge on any atom is -0.273 e. The quantitative estimate of drug-likeness (QED) is 0.718. The minimum absolute atomic E-state index is 0.0796. The van der Waals surface area contributed by atoms with Crippen molar-refractivity contribution in [2.45, 2.75) is 13.3 Å². The molecule has 1 fully saturated rings. The molecular formula is C10H11NO3S. The van der Waals surface area contributed by atoms with Gasteiger partial charge in [0.2, 0.25) is 15.9 Å². The van der Waals surface area contributed by atoms with Crippen molar-refractivity contribution in [3.8, 4) is 0 Å². The maximum atomic E-state index is 11.6. The molecule has 2 rings (SSSR count). The Morgan fingerprint density at radius 2 is 1.80 bits per heavy atom. The first-order chi connectivity index (χ1) is 7.00. The summed E-state index contributed by atoms with van der Waals surface area (Å²) in [5.41, 5.74) is 1.46. The molecule has 1 aromatic carbocycles.